The summed E-state index contributed by atoms with van der Waals surface area (Å²) in [4.78, 5) is 31.6. The molecule has 1 aromatic heterocycles. The maximum atomic E-state index is 13.1. The molecule has 1 atom stereocenters. The Morgan fingerprint density at radius 3 is 2.58 bits per heavy atom. The second kappa shape index (κ2) is 8.61. The highest BCUT2D eigenvalue weighted by atomic mass is 32.1. The number of aromatic nitrogens is 1. The Morgan fingerprint density at radius 1 is 1.16 bits per heavy atom. The van der Waals surface area contributed by atoms with Gasteiger partial charge in [0, 0.05) is 17.1 Å². The monoisotopic (exact) mass is 436 g/mol. The summed E-state index contributed by atoms with van der Waals surface area (Å²) >= 11 is 1.24. The van der Waals surface area contributed by atoms with Crippen LogP contribution in [0.4, 0.5) is 5.13 Å². The number of ketones is 1. The van der Waals surface area contributed by atoms with E-state index in [1.807, 2.05) is 6.92 Å². The minimum absolute atomic E-state index is 0.000912. The fourth-order valence-corrected chi connectivity index (χ4v) is 4.19. The summed E-state index contributed by atoms with van der Waals surface area (Å²) in [5.74, 6) is -0.575. The zero-order valence-electron chi connectivity index (χ0n) is 16.9. The summed E-state index contributed by atoms with van der Waals surface area (Å²) in [6, 6.07) is 13.0. The van der Waals surface area contributed by atoms with Crippen LogP contribution in [0.5, 0.6) is 11.5 Å². The fraction of sp³-hybridized carbons (Fsp3) is 0.174. The standard InChI is InChI=1S/C23H20N2O5S/c1-3-30-17-6-4-5-15(13-17)20(26)18-19(14-7-9-16(29-2)10-8-14)25(22(28)21(18)27)23-24-11-12-31-23/h4-13,19,26H,3H2,1-2H3/b20-18+. The van der Waals surface area contributed by atoms with Crippen LogP contribution in [0.25, 0.3) is 5.76 Å². The average molecular weight is 436 g/mol. The Labute approximate surface area is 183 Å². The maximum absolute atomic E-state index is 13.1. The largest absolute Gasteiger partial charge is 0.507 e. The van der Waals surface area contributed by atoms with E-state index in [2.05, 4.69) is 4.98 Å². The number of hydrogen-bond acceptors (Lipinski definition) is 7. The molecule has 1 amide bonds. The number of aliphatic hydroxyl groups is 1. The van der Waals surface area contributed by atoms with E-state index >= 15 is 0 Å². The van der Waals surface area contributed by atoms with E-state index in [4.69, 9.17) is 9.47 Å². The summed E-state index contributed by atoms with van der Waals surface area (Å²) in [6.07, 6.45) is 1.57. The zero-order chi connectivity index (χ0) is 22.0. The van der Waals surface area contributed by atoms with Gasteiger partial charge in [-0.15, -0.1) is 11.3 Å². The van der Waals surface area contributed by atoms with Crippen LogP contribution in [0.1, 0.15) is 24.1 Å². The molecular weight excluding hydrogens is 416 g/mol. The predicted octanol–water partition coefficient (Wildman–Crippen LogP) is 4.18. The minimum Gasteiger partial charge on any atom is -0.507 e. The van der Waals surface area contributed by atoms with Crippen LogP contribution in [-0.2, 0) is 9.59 Å². The van der Waals surface area contributed by atoms with Crippen LogP contribution in [0.15, 0.2) is 65.7 Å². The smallest absolute Gasteiger partial charge is 0.301 e. The number of anilines is 1. The Balaban J connectivity index is 1.89. The first kappa shape index (κ1) is 20.6. The number of carbonyl (C=O) groups is 2. The minimum atomic E-state index is -0.826. The third-order valence-electron chi connectivity index (χ3n) is 4.92. The number of methoxy groups -OCH3 is 1. The number of ether oxygens (including phenoxy) is 2. The highest BCUT2D eigenvalue weighted by molar-refractivity contribution is 7.14. The molecule has 0 spiro atoms. The first-order valence-electron chi connectivity index (χ1n) is 9.62. The normalized spacial score (nSPS) is 17.7. The number of nitrogens with zero attached hydrogens (tertiary/aromatic N) is 2. The number of thiazole rings is 1. The zero-order valence-corrected chi connectivity index (χ0v) is 17.8. The van der Waals surface area contributed by atoms with Crippen molar-refractivity contribution < 1.29 is 24.2 Å². The molecule has 0 radical (unpaired) electrons. The van der Waals surface area contributed by atoms with Gasteiger partial charge in [0.15, 0.2) is 5.13 Å². The molecule has 0 bridgehead atoms. The number of hydrogen-bond donors (Lipinski definition) is 1. The molecule has 0 aliphatic carbocycles. The molecule has 8 heteroatoms. The molecule has 0 saturated carbocycles. The van der Waals surface area contributed by atoms with Crippen LogP contribution in [0.2, 0.25) is 0 Å². The van der Waals surface area contributed by atoms with Crippen molar-refractivity contribution in [1.29, 1.82) is 0 Å². The lowest BCUT2D eigenvalue weighted by atomic mass is 9.95. The Bertz CT molecular complexity index is 1140. The molecular formula is C23H20N2O5S. The van der Waals surface area contributed by atoms with Gasteiger partial charge in [-0.05, 0) is 36.8 Å². The van der Waals surface area contributed by atoms with Crippen LogP contribution in [0, 0.1) is 0 Å². The number of carbonyl (C=O) groups excluding carboxylic acids is 2. The van der Waals surface area contributed by atoms with Gasteiger partial charge in [0.05, 0.1) is 25.3 Å². The first-order chi connectivity index (χ1) is 15.0. The molecule has 158 valence electrons. The summed E-state index contributed by atoms with van der Waals surface area (Å²) in [5, 5.41) is 13.2. The highest BCUT2D eigenvalue weighted by Gasteiger charge is 2.48. The van der Waals surface area contributed by atoms with Gasteiger partial charge in [0.1, 0.15) is 17.3 Å². The van der Waals surface area contributed by atoms with E-state index in [0.717, 1.165) is 0 Å². The second-order valence-corrected chi connectivity index (χ2v) is 7.59. The quantitative estimate of drug-likeness (QED) is 0.354. The van der Waals surface area contributed by atoms with Gasteiger partial charge < -0.3 is 14.6 Å². The molecule has 7 nitrogen and oxygen atoms in total. The molecule has 1 aliphatic heterocycles. The van der Waals surface area contributed by atoms with Crippen molar-refractivity contribution in [3.63, 3.8) is 0 Å². The van der Waals surface area contributed by atoms with Gasteiger partial charge in [-0.3, -0.25) is 14.5 Å². The van der Waals surface area contributed by atoms with Crippen LogP contribution in [-0.4, -0.2) is 35.5 Å². The van der Waals surface area contributed by atoms with Gasteiger partial charge in [-0.25, -0.2) is 4.98 Å². The summed E-state index contributed by atoms with van der Waals surface area (Å²) in [5.41, 5.74) is 1.04. The van der Waals surface area contributed by atoms with Crippen LogP contribution in [0.3, 0.4) is 0 Å². The average Bonchev–Trinajstić information content (AvgIpc) is 3.41. The topological polar surface area (TPSA) is 89.0 Å². The van der Waals surface area contributed by atoms with Crippen LogP contribution >= 0.6 is 11.3 Å². The molecule has 2 aromatic carbocycles. The lowest BCUT2D eigenvalue weighted by Crippen LogP contribution is -2.29. The summed E-state index contributed by atoms with van der Waals surface area (Å²) in [6.45, 7) is 2.32. The van der Waals surface area contributed by atoms with Gasteiger partial charge >= 0.3 is 5.91 Å². The lowest BCUT2D eigenvalue weighted by Gasteiger charge is -2.23. The van der Waals surface area contributed by atoms with E-state index in [-0.39, 0.29) is 11.3 Å². The van der Waals surface area contributed by atoms with Crippen molar-refractivity contribution in [3.05, 3.63) is 76.8 Å². The lowest BCUT2D eigenvalue weighted by molar-refractivity contribution is -0.132. The number of aliphatic hydroxyl groups excluding tert-OH is 1. The molecule has 1 N–H and O–H groups in total. The molecule has 31 heavy (non-hydrogen) atoms. The maximum Gasteiger partial charge on any atom is 0.301 e. The van der Waals surface area contributed by atoms with Gasteiger partial charge in [0.25, 0.3) is 5.78 Å². The van der Waals surface area contributed by atoms with Crippen LogP contribution < -0.4 is 14.4 Å². The third-order valence-corrected chi connectivity index (χ3v) is 5.69. The Kier molecular flexibility index (Phi) is 5.73. The van der Waals surface area contributed by atoms with E-state index < -0.39 is 17.7 Å². The summed E-state index contributed by atoms with van der Waals surface area (Å²) in [7, 11) is 1.56. The molecule has 1 unspecified atom stereocenters. The van der Waals surface area contributed by atoms with Crippen molar-refractivity contribution in [2.24, 2.45) is 0 Å². The molecule has 1 fully saturated rings. The van der Waals surface area contributed by atoms with Crippen molar-refractivity contribution in [3.8, 4) is 11.5 Å². The SMILES string of the molecule is CCOc1cccc(/C(O)=C2\C(=O)C(=O)N(c3nccs3)C2c2ccc(OC)cc2)c1. The summed E-state index contributed by atoms with van der Waals surface area (Å²) < 4.78 is 10.7. The predicted molar refractivity (Wildman–Crippen MR) is 118 cm³/mol. The number of rotatable bonds is 6. The number of Topliss-reactive ketones (excluding diaryl/α,β-unsaturated/α-hetero) is 1. The van der Waals surface area contributed by atoms with E-state index in [1.165, 1.54) is 16.2 Å². The van der Waals surface area contributed by atoms with Crippen molar-refractivity contribution in [1.82, 2.24) is 4.98 Å². The highest BCUT2D eigenvalue weighted by Crippen LogP contribution is 2.43. The molecule has 2 heterocycles. The molecule has 4 rings (SSSR count). The van der Waals surface area contributed by atoms with Crippen molar-refractivity contribution >= 4 is 33.9 Å². The molecule has 1 aliphatic rings. The molecule has 3 aromatic rings. The van der Waals surface area contributed by atoms with Gasteiger partial charge in [-0.1, -0.05) is 24.3 Å². The Morgan fingerprint density at radius 2 is 1.94 bits per heavy atom. The Hall–Kier alpha value is -3.65. The van der Waals surface area contributed by atoms with Gasteiger partial charge in [0.2, 0.25) is 0 Å². The number of benzene rings is 2. The second-order valence-electron chi connectivity index (χ2n) is 6.72. The first-order valence-corrected chi connectivity index (χ1v) is 10.5. The van der Waals surface area contributed by atoms with Crippen molar-refractivity contribution in [2.45, 2.75) is 13.0 Å². The van der Waals surface area contributed by atoms with Crippen molar-refractivity contribution in [2.75, 3.05) is 18.6 Å². The molecule has 1 saturated heterocycles. The fourth-order valence-electron chi connectivity index (χ4n) is 3.52. The number of amides is 1. The van der Waals surface area contributed by atoms with E-state index in [1.54, 1.807) is 67.2 Å². The van der Waals surface area contributed by atoms with E-state index in [0.29, 0.717) is 34.4 Å². The third kappa shape index (κ3) is 3.77. The van der Waals surface area contributed by atoms with E-state index in [9.17, 15) is 14.7 Å². The van der Waals surface area contributed by atoms with Gasteiger partial charge in [-0.2, -0.15) is 0 Å².